The van der Waals surface area contributed by atoms with E-state index in [4.69, 9.17) is 9.47 Å². The summed E-state index contributed by atoms with van der Waals surface area (Å²) in [5.41, 5.74) is 2.63. The quantitative estimate of drug-likeness (QED) is 0.606. The van der Waals surface area contributed by atoms with Gasteiger partial charge in [0.1, 0.15) is 12.4 Å². The average molecular weight is 392 g/mol. The number of benzene rings is 2. The van der Waals surface area contributed by atoms with Crippen molar-refractivity contribution in [2.24, 2.45) is 0 Å². The van der Waals surface area contributed by atoms with Crippen LogP contribution in [0.2, 0.25) is 0 Å². The Morgan fingerprint density at radius 2 is 1.97 bits per heavy atom. The van der Waals surface area contributed by atoms with Crippen LogP contribution < -0.4 is 14.8 Å². The number of methoxy groups -OCH3 is 1. The zero-order valence-electron chi connectivity index (χ0n) is 16.7. The number of pyridine rings is 1. The zero-order valence-corrected chi connectivity index (χ0v) is 16.7. The molecule has 3 rings (SSSR count). The molecule has 0 aliphatic heterocycles. The second kappa shape index (κ2) is 9.10. The largest absolute Gasteiger partial charge is 0.507 e. The molecule has 1 amide bonds. The standard InChI is InChI=1S/C23H24N2O4/c1-15(2)17-6-8-19(20(26)11-17)23(27)25-18-7-9-21(28-3)22(12-18)29-14-16-5-4-10-24-13-16/h4-13,15,26H,14H2,1-3H3,(H,25,27). The minimum absolute atomic E-state index is 0.0461. The number of phenols is 1. The van der Waals surface area contributed by atoms with Gasteiger partial charge >= 0.3 is 0 Å². The normalized spacial score (nSPS) is 10.6. The molecule has 0 unspecified atom stereocenters. The van der Waals surface area contributed by atoms with Crippen LogP contribution >= 0.6 is 0 Å². The first-order valence-electron chi connectivity index (χ1n) is 9.32. The van der Waals surface area contributed by atoms with Crippen molar-refractivity contribution in [3.63, 3.8) is 0 Å². The second-order valence-corrected chi connectivity index (χ2v) is 6.90. The van der Waals surface area contributed by atoms with Crippen LogP contribution in [0.1, 0.15) is 41.3 Å². The Morgan fingerprint density at radius 1 is 1.14 bits per heavy atom. The Hall–Kier alpha value is -3.54. The molecule has 6 nitrogen and oxygen atoms in total. The monoisotopic (exact) mass is 392 g/mol. The van der Waals surface area contributed by atoms with E-state index in [1.807, 2.05) is 32.0 Å². The summed E-state index contributed by atoms with van der Waals surface area (Å²) >= 11 is 0. The molecule has 1 aromatic heterocycles. The van der Waals surface area contributed by atoms with Crippen LogP contribution in [0.3, 0.4) is 0 Å². The number of hydrogen-bond acceptors (Lipinski definition) is 5. The number of nitrogens with one attached hydrogen (secondary N) is 1. The molecule has 1 heterocycles. The van der Waals surface area contributed by atoms with Crippen molar-refractivity contribution in [1.82, 2.24) is 4.98 Å². The van der Waals surface area contributed by atoms with E-state index >= 15 is 0 Å². The summed E-state index contributed by atoms with van der Waals surface area (Å²) in [4.78, 5) is 16.7. The lowest BCUT2D eigenvalue weighted by atomic mass is 10.0. The van der Waals surface area contributed by atoms with Gasteiger partial charge in [-0.15, -0.1) is 0 Å². The SMILES string of the molecule is COc1ccc(NC(=O)c2ccc(C(C)C)cc2O)cc1OCc1cccnc1. The third kappa shape index (κ3) is 5.04. The average Bonchev–Trinajstić information content (AvgIpc) is 2.73. The molecule has 0 radical (unpaired) electrons. The Morgan fingerprint density at radius 3 is 2.62 bits per heavy atom. The minimum Gasteiger partial charge on any atom is -0.507 e. The van der Waals surface area contributed by atoms with E-state index in [2.05, 4.69) is 10.3 Å². The first kappa shape index (κ1) is 20.2. The molecule has 0 fully saturated rings. The number of aromatic nitrogens is 1. The van der Waals surface area contributed by atoms with Crippen molar-refractivity contribution < 1.29 is 19.4 Å². The Kier molecular flexibility index (Phi) is 6.34. The first-order valence-corrected chi connectivity index (χ1v) is 9.32. The molecule has 2 N–H and O–H groups in total. The number of rotatable bonds is 7. The van der Waals surface area contributed by atoms with Gasteiger partial charge in [-0.25, -0.2) is 0 Å². The number of aromatic hydroxyl groups is 1. The van der Waals surface area contributed by atoms with Gasteiger partial charge in [0.15, 0.2) is 11.5 Å². The zero-order chi connectivity index (χ0) is 20.8. The van der Waals surface area contributed by atoms with E-state index < -0.39 is 5.91 Å². The van der Waals surface area contributed by atoms with Gasteiger partial charge in [0.25, 0.3) is 5.91 Å². The molecule has 3 aromatic rings. The smallest absolute Gasteiger partial charge is 0.259 e. The van der Waals surface area contributed by atoms with Gasteiger partial charge in [0, 0.05) is 29.7 Å². The number of ether oxygens (including phenoxy) is 2. The summed E-state index contributed by atoms with van der Waals surface area (Å²) in [6, 6.07) is 14.0. The van der Waals surface area contributed by atoms with Crippen LogP contribution in [-0.2, 0) is 6.61 Å². The van der Waals surface area contributed by atoms with E-state index in [9.17, 15) is 9.90 Å². The third-order valence-electron chi connectivity index (χ3n) is 4.47. The summed E-state index contributed by atoms with van der Waals surface area (Å²) in [5, 5.41) is 13.0. The van der Waals surface area contributed by atoms with Gasteiger partial charge in [-0.1, -0.05) is 26.0 Å². The molecule has 0 bridgehead atoms. The molecule has 150 valence electrons. The molecule has 0 spiro atoms. The Balaban J connectivity index is 1.76. The van der Waals surface area contributed by atoms with Gasteiger partial charge in [-0.2, -0.15) is 0 Å². The third-order valence-corrected chi connectivity index (χ3v) is 4.47. The highest BCUT2D eigenvalue weighted by Gasteiger charge is 2.14. The molecule has 0 aliphatic carbocycles. The summed E-state index contributed by atoms with van der Waals surface area (Å²) < 4.78 is 11.2. The maximum atomic E-state index is 12.6. The van der Waals surface area contributed by atoms with Gasteiger partial charge in [0.05, 0.1) is 12.7 Å². The van der Waals surface area contributed by atoms with Crippen LogP contribution in [0.4, 0.5) is 5.69 Å². The highest BCUT2D eigenvalue weighted by molar-refractivity contribution is 6.06. The summed E-state index contributed by atoms with van der Waals surface area (Å²) in [6.07, 6.45) is 3.42. The van der Waals surface area contributed by atoms with E-state index in [0.29, 0.717) is 23.8 Å². The molecule has 2 aromatic carbocycles. The van der Waals surface area contributed by atoms with Crippen LogP contribution in [0.5, 0.6) is 17.2 Å². The van der Waals surface area contributed by atoms with Crippen molar-refractivity contribution in [2.75, 3.05) is 12.4 Å². The van der Waals surface area contributed by atoms with Gasteiger partial charge in [-0.05, 0) is 41.8 Å². The molecule has 29 heavy (non-hydrogen) atoms. The number of anilines is 1. The molecule has 0 atom stereocenters. The Labute approximate surface area is 170 Å². The highest BCUT2D eigenvalue weighted by atomic mass is 16.5. The molecule has 0 aliphatic rings. The predicted octanol–water partition coefficient (Wildman–Crippen LogP) is 4.75. The number of amides is 1. The number of carbonyl (C=O) groups excluding carboxylic acids is 1. The topological polar surface area (TPSA) is 80.7 Å². The maximum absolute atomic E-state index is 12.6. The van der Waals surface area contributed by atoms with Gasteiger partial charge in [0.2, 0.25) is 0 Å². The number of phenolic OH excluding ortho intramolecular Hbond substituents is 1. The van der Waals surface area contributed by atoms with Crippen molar-refractivity contribution in [3.8, 4) is 17.2 Å². The summed E-state index contributed by atoms with van der Waals surface area (Å²) in [6.45, 7) is 4.37. The summed E-state index contributed by atoms with van der Waals surface area (Å²) in [7, 11) is 1.55. The predicted molar refractivity (Wildman–Crippen MR) is 112 cm³/mol. The fourth-order valence-corrected chi connectivity index (χ4v) is 2.81. The fourth-order valence-electron chi connectivity index (χ4n) is 2.81. The Bertz CT molecular complexity index is 987. The van der Waals surface area contributed by atoms with Crippen molar-refractivity contribution >= 4 is 11.6 Å². The fraction of sp³-hybridized carbons (Fsp3) is 0.217. The van der Waals surface area contributed by atoms with Crippen LogP contribution in [0.15, 0.2) is 60.9 Å². The number of carbonyl (C=O) groups is 1. The van der Waals surface area contributed by atoms with Gasteiger partial charge < -0.3 is 19.9 Å². The minimum atomic E-state index is -0.402. The lowest BCUT2D eigenvalue weighted by Crippen LogP contribution is -2.12. The van der Waals surface area contributed by atoms with E-state index in [0.717, 1.165) is 11.1 Å². The van der Waals surface area contributed by atoms with E-state index in [1.54, 1.807) is 49.8 Å². The molecular formula is C23H24N2O4. The van der Waals surface area contributed by atoms with Crippen LogP contribution in [-0.4, -0.2) is 23.1 Å². The van der Waals surface area contributed by atoms with Crippen molar-refractivity contribution in [1.29, 1.82) is 0 Å². The van der Waals surface area contributed by atoms with E-state index in [-0.39, 0.29) is 17.2 Å². The molecule has 6 heteroatoms. The number of nitrogens with zero attached hydrogens (tertiary/aromatic N) is 1. The number of hydrogen-bond donors (Lipinski definition) is 2. The van der Waals surface area contributed by atoms with Crippen molar-refractivity contribution in [2.45, 2.75) is 26.4 Å². The second-order valence-electron chi connectivity index (χ2n) is 6.90. The van der Waals surface area contributed by atoms with Crippen LogP contribution in [0.25, 0.3) is 0 Å². The molecular weight excluding hydrogens is 368 g/mol. The van der Waals surface area contributed by atoms with Crippen LogP contribution in [0, 0.1) is 0 Å². The molecule has 0 saturated carbocycles. The highest BCUT2D eigenvalue weighted by Crippen LogP contribution is 2.32. The first-order chi connectivity index (χ1) is 14.0. The van der Waals surface area contributed by atoms with Gasteiger partial charge in [-0.3, -0.25) is 9.78 Å². The lowest BCUT2D eigenvalue weighted by molar-refractivity contribution is 0.102. The lowest BCUT2D eigenvalue weighted by Gasteiger charge is -2.14. The van der Waals surface area contributed by atoms with E-state index in [1.165, 1.54) is 0 Å². The maximum Gasteiger partial charge on any atom is 0.259 e. The summed E-state index contributed by atoms with van der Waals surface area (Å²) in [5.74, 6) is 0.861. The van der Waals surface area contributed by atoms with Crippen molar-refractivity contribution in [3.05, 3.63) is 77.6 Å². The molecule has 0 saturated heterocycles.